The van der Waals surface area contributed by atoms with E-state index in [0.717, 1.165) is 29.9 Å². The number of unbranched alkanes of at least 4 members (excludes halogenated alkanes) is 2. The van der Waals surface area contributed by atoms with Gasteiger partial charge in [0.2, 0.25) is 0 Å². The lowest BCUT2D eigenvalue weighted by Gasteiger charge is -2.03. The van der Waals surface area contributed by atoms with Crippen molar-refractivity contribution in [1.29, 1.82) is 0 Å². The molecule has 0 aliphatic rings. The topological polar surface area (TPSA) is 40.5 Å². The molecule has 0 aliphatic carbocycles. The van der Waals surface area contributed by atoms with E-state index in [1.54, 1.807) is 17.8 Å². The molecule has 0 saturated carbocycles. The molecular weight excluding hydrogens is 196 g/mol. The summed E-state index contributed by atoms with van der Waals surface area (Å²) in [6, 6.07) is 7.38. The molecule has 0 radical (unpaired) electrons. The second-order valence-corrected chi connectivity index (χ2v) is 4.24. The summed E-state index contributed by atoms with van der Waals surface area (Å²) in [5.74, 6) is 1.36. The standard InChI is InChI=1S/C11H16O2S/c12-8-4-1-5-9-14-11-7-3-2-6-10(11)13/h2-3,6-7,12-13H,1,4-5,8-9H2. The maximum atomic E-state index is 9.45. The molecule has 14 heavy (non-hydrogen) atoms. The molecule has 1 aromatic rings. The average Bonchev–Trinajstić information content (AvgIpc) is 2.20. The van der Waals surface area contributed by atoms with Gasteiger partial charge in [-0.1, -0.05) is 18.6 Å². The summed E-state index contributed by atoms with van der Waals surface area (Å²) in [7, 11) is 0. The SMILES string of the molecule is OCCCCCSc1ccccc1O. The monoisotopic (exact) mass is 212 g/mol. The van der Waals surface area contributed by atoms with Crippen LogP contribution in [0, 0.1) is 0 Å². The zero-order chi connectivity index (χ0) is 10.2. The Labute approximate surface area is 89.0 Å². The van der Waals surface area contributed by atoms with Crippen LogP contribution < -0.4 is 0 Å². The molecule has 0 unspecified atom stereocenters. The zero-order valence-electron chi connectivity index (χ0n) is 8.15. The van der Waals surface area contributed by atoms with Crippen LogP contribution >= 0.6 is 11.8 Å². The third kappa shape index (κ3) is 4.03. The van der Waals surface area contributed by atoms with Crippen molar-refractivity contribution in [3.05, 3.63) is 24.3 Å². The summed E-state index contributed by atoms with van der Waals surface area (Å²) < 4.78 is 0. The number of thioether (sulfide) groups is 1. The number of hydrogen-bond donors (Lipinski definition) is 2. The highest BCUT2D eigenvalue weighted by Gasteiger charge is 1.99. The van der Waals surface area contributed by atoms with Gasteiger partial charge in [-0.15, -0.1) is 11.8 Å². The molecule has 0 saturated heterocycles. The van der Waals surface area contributed by atoms with Crippen molar-refractivity contribution in [2.75, 3.05) is 12.4 Å². The van der Waals surface area contributed by atoms with Gasteiger partial charge in [-0.2, -0.15) is 0 Å². The van der Waals surface area contributed by atoms with Crippen molar-refractivity contribution in [2.45, 2.75) is 24.2 Å². The zero-order valence-corrected chi connectivity index (χ0v) is 8.96. The Kier molecular flexibility index (Phi) is 5.49. The number of aliphatic hydroxyl groups excluding tert-OH is 1. The summed E-state index contributed by atoms with van der Waals surface area (Å²) in [5.41, 5.74) is 0. The Bertz CT molecular complexity index is 263. The van der Waals surface area contributed by atoms with E-state index in [2.05, 4.69) is 0 Å². The number of aliphatic hydroxyl groups is 1. The summed E-state index contributed by atoms with van der Waals surface area (Å²) in [4.78, 5) is 0.941. The lowest BCUT2D eigenvalue weighted by Crippen LogP contribution is -1.85. The smallest absolute Gasteiger partial charge is 0.129 e. The van der Waals surface area contributed by atoms with Crippen LogP contribution in [0.15, 0.2) is 29.2 Å². The molecule has 0 amide bonds. The molecule has 0 aromatic heterocycles. The van der Waals surface area contributed by atoms with Gasteiger partial charge in [-0.05, 0) is 30.7 Å². The number of benzene rings is 1. The molecule has 1 rings (SSSR count). The first-order valence-electron chi connectivity index (χ1n) is 4.86. The minimum atomic E-state index is 0.279. The summed E-state index contributed by atoms with van der Waals surface area (Å²) in [6.45, 7) is 0.279. The molecule has 0 atom stereocenters. The van der Waals surface area contributed by atoms with E-state index in [4.69, 9.17) is 5.11 Å². The first-order chi connectivity index (χ1) is 6.84. The van der Waals surface area contributed by atoms with Gasteiger partial charge < -0.3 is 10.2 Å². The van der Waals surface area contributed by atoms with Gasteiger partial charge in [0.1, 0.15) is 5.75 Å². The van der Waals surface area contributed by atoms with Crippen molar-refractivity contribution in [1.82, 2.24) is 0 Å². The van der Waals surface area contributed by atoms with Crippen LogP contribution in [0.5, 0.6) is 5.75 Å². The van der Waals surface area contributed by atoms with E-state index < -0.39 is 0 Å². The van der Waals surface area contributed by atoms with E-state index in [1.165, 1.54) is 0 Å². The van der Waals surface area contributed by atoms with Gasteiger partial charge in [-0.25, -0.2) is 0 Å². The van der Waals surface area contributed by atoms with Crippen molar-refractivity contribution in [3.8, 4) is 5.75 Å². The summed E-state index contributed by atoms with van der Waals surface area (Å²) >= 11 is 1.67. The minimum Gasteiger partial charge on any atom is -0.507 e. The predicted octanol–water partition coefficient (Wildman–Crippen LogP) is 2.65. The number of phenolic OH excluding ortho intramolecular Hbond substituents is 1. The lowest BCUT2D eigenvalue weighted by atomic mass is 10.3. The van der Waals surface area contributed by atoms with E-state index in [0.29, 0.717) is 5.75 Å². The third-order valence-electron chi connectivity index (χ3n) is 1.93. The molecule has 1 aromatic carbocycles. The van der Waals surface area contributed by atoms with Crippen molar-refractivity contribution in [2.24, 2.45) is 0 Å². The molecular formula is C11H16O2S. The molecule has 0 bridgehead atoms. The van der Waals surface area contributed by atoms with Gasteiger partial charge in [0.05, 0.1) is 0 Å². The van der Waals surface area contributed by atoms with Crippen molar-refractivity contribution >= 4 is 11.8 Å². The highest BCUT2D eigenvalue weighted by Crippen LogP contribution is 2.28. The molecule has 0 spiro atoms. The van der Waals surface area contributed by atoms with Gasteiger partial charge >= 0.3 is 0 Å². The second-order valence-electron chi connectivity index (χ2n) is 3.10. The first-order valence-corrected chi connectivity index (χ1v) is 5.85. The fraction of sp³-hybridized carbons (Fsp3) is 0.455. The van der Waals surface area contributed by atoms with Crippen LogP contribution in [-0.4, -0.2) is 22.6 Å². The number of phenols is 1. The number of hydrogen-bond acceptors (Lipinski definition) is 3. The van der Waals surface area contributed by atoms with E-state index >= 15 is 0 Å². The summed E-state index contributed by atoms with van der Waals surface area (Å²) in [6.07, 6.45) is 3.01. The minimum absolute atomic E-state index is 0.279. The number of aromatic hydroxyl groups is 1. The number of para-hydroxylation sites is 1. The molecule has 78 valence electrons. The maximum Gasteiger partial charge on any atom is 0.129 e. The Morgan fingerprint density at radius 2 is 1.86 bits per heavy atom. The van der Waals surface area contributed by atoms with Crippen LogP contribution in [0.1, 0.15) is 19.3 Å². The van der Waals surface area contributed by atoms with Crippen LogP contribution in [-0.2, 0) is 0 Å². The van der Waals surface area contributed by atoms with Gasteiger partial charge in [0.15, 0.2) is 0 Å². The molecule has 2 nitrogen and oxygen atoms in total. The van der Waals surface area contributed by atoms with Gasteiger partial charge in [0, 0.05) is 11.5 Å². The van der Waals surface area contributed by atoms with Crippen LogP contribution in [0.3, 0.4) is 0 Å². The molecule has 0 aliphatic heterocycles. The Morgan fingerprint density at radius 3 is 2.57 bits per heavy atom. The second kappa shape index (κ2) is 6.74. The molecule has 0 fully saturated rings. The van der Waals surface area contributed by atoms with E-state index in [-0.39, 0.29) is 6.61 Å². The van der Waals surface area contributed by atoms with Crippen molar-refractivity contribution in [3.63, 3.8) is 0 Å². The van der Waals surface area contributed by atoms with E-state index in [1.807, 2.05) is 18.2 Å². The normalized spacial score (nSPS) is 10.4. The molecule has 0 heterocycles. The first kappa shape index (κ1) is 11.4. The average molecular weight is 212 g/mol. The predicted molar refractivity (Wildman–Crippen MR) is 59.8 cm³/mol. The van der Waals surface area contributed by atoms with E-state index in [9.17, 15) is 5.11 Å². The van der Waals surface area contributed by atoms with Crippen LogP contribution in [0.2, 0.25) is 0 Å². The maximum absolute atomic E-state index is 9.45. The quantitative estimate of drug-likeness (QED) is 0.562. The van der Waals surface area contributed by atoms with Gasteiger partial charge in [0.25, 0.3) is 0 Å². The Morgan fingerprint density at radius 1 is 1.07 bits per heavy atom. The molecule has 3 heteroatoms. The third-order valence-corrected chi connectivity index (χ3v) is 3.07. The Balaban J connectivity index is 2.21. The summed E-state index contributed by atoms with van der Waals surface area (Å²) in [5, 5.41) is 18.0. The highest BCUT2D eigenvalue weighted by molar-refractivity contribution is 7.99. The highest BCUT2D eigenvalue weighted by atomic mass is 32.2. The Hall–Kier alpha value is -0.670. The fourth-order valence-electron chi connectivity index (χ4n) is 1.15. The molecule has 2 N–H and O–H groups in total. The number of rotatable bonds is 6. The van der Waals surface area contributed by atoms with Crippen molar-refractivity contribution < 1.29 is 10.2 Å². The van der Waals surface area contributed by atoms with Crippen LogP contribution in [0.25, 0.3) is 0 Å². The fourth-order valence-corrected chi connectivity index (χ4v) is 2.11. The lowest BCUT2D eigenvalue weighted by molar-refractivity contribution is 0.284. The van der Waals surface area contributed by atoms with Crippen LogP contribution in [0.4, 0.5) is 0 Å². The van der Waals surface area contributed by atoms with Gasteiger partial charge in [-0.3, -0.25) is 0 Å². The largest absolute Gasteiger partial charge is 0.507 e.